The summed E-state index contributed by atoms with van der Waals surface area (Å²) in [6, 6.07) is 0. The molecule has 0 aliphatic carbocycles. The van der Waals surface area contributed by atoms with Gasteiger partial charge in [0, 0.05) is 18.9 Å². The molecule has 2 N–H and O–H groups in total. The molecule has 1 heterocycles. The predicted molar refractivity (Wildman–Crippen MR) is 64.5 cm³/mol. The van der Waals surface area contributed by atoms with Crippen molar-refractivity contribution in [3.8, 4) is 0 Å². The normalized spacial score (nSPS) is 10.4. The summed E-state index contributed by atoms with van der Waals surface area (Å²) >= 11 is 7.22. The van der Waals surface area contributed by atoms with Gasteiger partial charge in [0.2, 0.25) is 5.28 Å². The number of nitrogens with zero attached hydrogens (tertiary/aromatic N) is 2. The molecule has 0 radical (unpaired) electrons. The standard InChI is InChI=1S/C9H13ClFN3OS/c10-9-13-6-7(11)8(14-9)12-2-5-16-4-1-3-15/h6,15H,1-5H2,(H,12,13,14). The summed E-state index contributed by atoms with van der Waals surface area (Å²) in [4.78, 5) is 7.24. The highest BCUT2D eigenvalue weighted by atomic mass is 35.5. The van der Waals surface area contributed by atoms with Gasteiger partial charge in [-0.15, -0.1) is 0 Å². The number of aliphatic hydroxyl groups is 1. The van der Waals surface area contributed by atoms with E-state index in [4.69, 9.17) is 16.7 Å². The Hall–Kier alpha value is -0.590. The minimum Gasteiger partial charge on any atom is -0.396 e. The second kappa shape index (κ2) is 7.65. The summed E-state index contributed by atoms with van der Waals surface area (Å²) in [6.45, 7) is 0.803. The Labute approximate surface area is 103 Å². The molecule has 7 heteroatoms. The molecule has 0 bridgehead atoms. The predicted octanol–water partition coefficient (Wildman–Crippen LogP) is 1.80. The number of aromatic nitrogens is 2. The topological polar surface area (TPSA) is 58.0 Å². The summed E-state index contributed by atoms with van der Waals surface area (Å²) < 4.78 is 13.1. The van der Waals surface area contributed by atoms with Gasteiger partial charge < -0.3 is 10.4 Å². The lowest BCUT2D eigenvalue weighted by molar-refractivity contribution is 0.296. The molecule has 90 valence electrons. The Morgan fingerprint density at radius 2 is 2.31 bits per heavy atom. The van der Waals surface area contributed by atoms with Gasteiger partial charge in [-0.1, -0.05) is 0 Å². The van der Waals surface area contributed by atoms with Gasteiger partial charge in [-0.2, -0.15) is 16.7 Å². The van der Waals surface area contributed by atoms with Crippen molar-refractivity contribution in [2.24, 2.45) is 0 Å². The SMILES string of the molecule is OCCCSCCNc1nc(Cl)ncc1F. The quantitative estimate of drug-likeness (QED) is 0.582. The largest absolute Gasteiger partial charge is 0.396 e. The third kappa shape index (κ3) is 4.96. The zero-order valence-electron chi connectivity index (χ0n) is 8.62. The van der Waals surface area contributed by atoms with Crippen LogP contribution in [0.5, 0.6) is 0 Å². The van der Waals surface area contributed by atoms with Crippen LogP contribution in [0.4, 0.5) is 10.2 Å². The Kier molecular flexibility index (Phi) is 6.44. The number of anilines is 1. The van der Waals surface area contributed by atoms with Gasteiger partial charge in [0.05, 0.1) is 6.20 Å². The van der Waals surface area contributed by atoms with Crippen molar-refractivity contribution in [1.82, 2.24) is 9.97 Å². The lowest BCUT2D eigenvalue weighted by Gasteiger charge is -2.05. The molecule has 0 aromatic carbocycles. The first-order valence-electron chi connectivity index (χ1n) is 4.84. The molecule has 4 nitrogen and oxygen atoms in total. The van der Waals surface area contributed by atoms with Crippen LogP contribution in [0.2, 0.25) is 5.28 Å². The van der Waals surface area contributed by atoms with Crippen LogP contribution in [0.3, 0.4) is 0 Å². The fourth-order valence-electron chi connectivity index (χ4n) is 0.980. The number of hydrogen-bond donors (Lipinski definition) is 2. The van der Waals surface area contributed by atoms with E-state index in [1.165, 1.54) is 0 Å². The van der Waals surface area contributed by atoms with Crippen LogP contribution < -0.4 is 5.32 Å². The Morgan fingerprint density at radius 3 is 3.06 bits per heavy atom. The molecular formula is C9H13ClFN3OS. The fraction of sp³-hybridized carbons (Fsp3) is 0.556. The number of nitrogens with one attached hydrogen (secondary N) is 1. The van der Waals surface area contributed by atoms with Crippen LogP contribution >= 0.6 is 23.4 Å². The van der Waals surface area contributed by atoms with Crippen LogP contribution in [0.1, 0.15) is 6.42 Å². The molecular weight excluding hydrogens is 253 g/mol. The van der Waals surface area contributed by atoms with E-state index in [9.17, 15) is 4.39 Å². The third-order valence-electron chi connectivity index (χ3n) is 1.70. The molecule has 1 aromatic heterocycles. The lowest BCUT2D eigenvalue weighted by atomic mass is 10.5. The van der Waals surface area contributed by atoms with Gasteiger partial charge in [0.1, 0.15) is 0 Å². The maximum Gasteiger partial charge on any atom is 0.224 e. The first-order valence-corrected chi connectivity index (χ1v) is 6.38. The van der Waals surface area contributed by atoms with Crippen LogP contribution in [-0.4, -0.2) is 39.7 Å². The first-order chi connectivity index (χ1) is 7.74. The van der Waals surface area contributed by atoms with E-state index < -0.39 is 5.82 Å². The smallest absolute Gasteiger partial charge is 0.224 e. The second-order valence-corrected chi connectivity index (χ2v) is 4.51. The molecule has 0 fully saturated rings. The summed E-state index contributed by atoms with van der Waals surface area (Å²) in [5.41, 5.74) is 0. The number of thioether (sulfide) groups is 1. The van der Waals surface area contributed by atoms with E-state index in [1.54, 1.807) is 11.8 Å². The van der Waals surface area contributed by atoms with Crippen molar-refractivity contribution in [2.45, 2.75) is 6.42 Å². The highest BCUT2D eigenvalue weighted by Crippen LogP contribution is 2.12. The van der Waals surface area contributed by atoms with Gasteiger partial charge >= 0.3 is 0 Å². The Bertz CT molecular complexity index is 330. The molecule has 1 rings (SSSR count). The van der Waals surface area contributed by atoms with Crippen molar-refractivity contribution >= 4 is 29.2 Å². The lowest BCUT2D eigenvalue weighted by Crippen LogP contribution is -2.08. The molecule has 16 heavy (non-hydrogen) atoms. The van der Waals surface area contributed by atoms with Crippen molar-refractivity contribution in [2.75, 3.05) is 30.0 Å². The van der Waals surface area contributed by atoms with E-state index in [2.05, 4.69) is 15.3 Å². The molecule has 0 spiro atoms. The Morgan fingerprint density at radius 1 is 1.50 bits per heavy atom. The van der Waals surface area contributed by atoms with E-state index >= 15 is 0 Å². The van der Waals surface area contributed by atoms with Crippen molar-refractivity contribution < 1.29 is 9.50 Å². The molecule has 0 aliphatic heterocycles. The summed E-state index contributed by atoms with van der Waals surface area (Å²) in [5.74, 6) is 1.33. The average Bonchev–Trinajstić information content (AvgIpc) is 2.28. The monoisotopic (exact) mass is 265 g/mol. The molecule has 0 amide bonds. The maximum atomic E-state index is 13.1. The highest BCUT2D eigenvalue weighted by molar-refractivity contribution is 7.99. The van der Waals surface area contributed by atoms with E-state index in [0.29, 0.717) is 6.54 Å². The minimum absolute atomic E-state index is 0.0248. The van der Waals surface area contributed by atoms with E-state index in [0.717, 1.165) is 24.1 Å². The maximum absolute atomic E-state index is 13.1. The highest BCUT2D eigenvalue weighted by Gasteiger charge is 2.04. The molecule has 1 aromatic rings. The number of halogens is 2. The van der Waals surface area contributed by atoms with Gasteiger partial charge in [-0.25, -0.2) is 9.37 Å². The summed E-state index contributed by atoms with van der Waals surface area (Å²) in [5, 5.41) is 11.4. The van der Waals surface area contributed by atoms with E-state index in [-0.39, 0.29) is 17.7 Å². The Balaban J connectivity index is 2.23. The first kappa shape index (κ1) is 13.5. The van der Waals surface area contributed by atoms with Gasteiger partial charge in [0.15, 0.2) is 11.6 Å². The number of rotatable bonds is 7. The summed E-state index contributed by atoms with van der Waals surface area (Å²) in [7, 11) is 0. The van der Waals surface area contributed by atoms with Crippen molar-refractivity contribution in [3.63, 3.8) is 0 Å². The number of aliphatic hydroxyl groups excluding tert-OH is 1. The van der Waals surface area contributed by atoms with Crippen molar-refractivity contribution in [3.05, 3.63) is 17.3 Å². The van der Waals surface area contributed by atoms with Gasteiger partial charge in [-0.3, -0.25) is 0 Å². The zero-order chi connectivity index (χ0) is 11.8. The number of hydrogen-bond acceptors (Lipinski definition) is 5. The van der Waals surface area contributed by atoms with Gasteiger partial charge in [-0.05, 0) is 23.8 Å². The summed E-state index contributed by atoms with van der Waals surface area (Å²) in [6.07, 6.45) is 1.81. The molecule has 0 atom stereocenters. The van der Waals surface area contributed by atoms with E-state index in [1.807, 2.05) is 0 Å². The van der Waals surface area contributed by atoms with Crippen LogP contribution in [0.25, 0.3) is 0 Å². The van der Waals surface area contributed by atoms with Crippen LogP contribution in [0.15, 0.2) is 6.20 Å². The molecule has 0 saturated heterocycles. The van der Waals surface area contributed by atoms with Gasteiger partial charge in [0.25, 0.3) is 0 Å². The fourth-order valence-corrected chi connectivity index (χ4v) is 1.90. The molecule has 0 unspecified atom stereocenters. The average molecular weight is 266 g/mol. The third-order valence-corrected chi connectivity index (χ3v) is 2.95. The molecule has 0 aliphatic rings. The second-order valence-electron chi connectivity index (χ2n) is 2.95. The van der Waals surface area contributed by atoms with Crippen molar-refractivity contribution in [1.29, 1.82) is 0 Å². The minimum atomic E-state index is -0.509. The van der Waals surface area contributed by atoms with Crippen LogP contribution in [0, 0.1) is 5.82 Å². The molecule has 0 saturated carbocycles. The van der Waals surface area contributed by atoms with Crippen LogP contribution in [-0.2, 0) is 0 Å². The zero-order valence-corrected chi connectivity index (χ0v) is 10.2.